The fourth-order valence-corrected chi connectivity index (χ4v) is 2.02. The van der Waals surface area contributed by atoms with E-state index < -0.39 is 0 Å². The van der Waals surface area contributed by atoms with Gasteiger partial charge in [0.1, 0.15) is 0 Å². The van der Waals surface area contributed by atoms with E-state index in [0.717, 1.165) is 6.54 Å². The number of pyridine rings is 1. The second-order valence-electron chi connectivity index (χ2n) is 4.93. The van der Waals surface area contributed by atoms with E-state index in [9.17, 15) is 0 Å². The van der Waals surface area contributed by atoms with Crippen molar-refractivity contribution in [2.45, 2.75) is 31.8 Å². The van der Waals surface area contributed by atoms with Gasteiger partial charge in [-0.15, -0.1) is 0 Å². The lowest BCUT2D eigenvalue weighted by Gasteiger charge is -2.12. The highest BCUT2D eigenvalue weighted by atomic mass is 15.0. The molecule has 0 aliphatic heterocycles. The number of aromatic nitrogens is 1. The van der Waals surface area contributed by atoms with Crippen LogP contribution in [-0.4, -0.2) is 10.5 Å². The molecule has 1 aromatic heterocycles. The molecule has 0 unspecified atom stereocenters. The number of hydrogen-bond acceptors (Lipinski definition) is 2. The van der Waals surface area contributed by atoms with Crippen LogP contribution in [0.15, 0.2) is 36.7 Å². The predicted molar refractivity (Wildman–Crippen MR) is 66.2 cm³/mol. The summed E-state index contributed by atoms with van der Waals surface area (Å²) < 4.78 is 0. The molecule has 1 heterocycles. The molecule has 2 aromatic rings. The van der Waals surface area contributed by atoms with Crippen LogP contribution >= 0.6 is 0 Å². The molecule has 1 N–H and O–H groups in total. The maximum Gasteiger partial charge on any atom is 0.0346 e. The number of nitrogens with zero attached hydrogens (tertiary/aromatic N) is 1. The first-order valence-electron chi connectivity index (χ1n) is 5.84. The Balaban J connectivity index is 1.90. The molecular weight excluding hydrogens is 196 g/mol. The van der Waals surface area contributed by atoms with Crippen LogP contribution in [0.3, 0.4) is 0 Å². The van der Waals surface area contributed by atoms with Crippen molar-refractivity contribution in [3.05, 3.63) is 42.2 Å². The molecule has 82 valence electrons. The normalized spacial score (nSPS) is 17.6. The van der Waals surface area contributed by atoms with Crippen LogP contribution in [0.2, 0.25) is 0 Å². The Morgan fingerprint density at radius 3 is 3.00 bits per heavy atom. The van der Waals surface area contributed by atoms with Crippen molar-refractivity contribution >= 4 is 10.8 Å². The standard InChI is InChI=1S/C14H16N2/c1-14(6-7-14)16-10-12-4-2-3-11-9-15-8-5-13(11)12/h2-5,8-9,16H,6-7,10H2,1H3. The summed E-state index contributed by atoms with van der Waals surface area (Å²) in [7, 11) is 0. The van der Waals surface area contributed by atoms with Crippen LogP contribution in [-0.2, 0) is 6.54 Å². The topological polar surface area (TPSA) is 24.9 Å². The van der Waals surface area contributed by atoms with E-state index in [1.165, 1.54) is 29.2 Å². The maximum absolute atomic E-state index is 4.15. The van der Waals surface area contributed by atoms with Crippen molar-refractivity contribution < 1.29 is 0 Å². The van der Waals surface area contributed by atoms with Crippen LogP contribution in [0, 0.1) is 0 Å². The van der Waals surface area contributed by atoms with Gasteiger partial charge >= 0.3 is 0 Å². The average molecular weight is 212 g/mol. The fourth-order valence-electron chi connectivity index (χ4n) is 2.02. The molecule has 1 saturated carbocycles. The summed E-state index contributed by atoms with van der Waals surface area (Å²) >= 11 is 0. The first-order chi connectivity index (χ1) is 7.77. The smallest absolute Gasteiger partial charge is 0.0346 e. The summed E-state index contributed by atoms with van der Waals surface area (Å²) in [5, 5.41) is 6.16. The third kappa shape index (κ3) is 1.81. The van der Waals surface area contributed by atoms with Gasteiger partial charge in [0.25, 0.3) is 0 Å². The van der Waals surface area contributed by atoms with Gasteiger partial charge in [-0.25, -0.2) is 0 Å². The molecule has 0 atom stereocenters. The molecule has 1 aliphatic carbocycles. The molecule has 0 bridgehead atoms. The van der Waals surface area contributed by atoms with Gasteiger partial charge in [0.15, 0.2) is 0 Å². The van der Waals surface area contributed by atoms with Gasteiger partial charge in [0.05, 0.1) is 0 Å². The zero-order valence-corrected chi connectivity index (χ0v) is 9.53. The van der Waals surface area contributed by atoms with Gasteiger partial charge in [0.2, 0.25) is 0 Å². The summed E-state index contributed by atoms with van der Waals surface area (Å²) in [5.74, 6) is 0. The number of benzene rings is 1. The molecule has 0 radical (unpaired) electrons. The molecule has 1 aromatic carbocycles. The zero-order valence-electron chi connectivity index (χ0n) is 9.53. The van der Waals surface area contributed by atoms with Gasteiger partial charge in [-0.2, -0.15) is 0 Å². The van der Waals surface area contributed by atoms with Crippen LogP contribution < -0.4 is 5.32 Å². The monoisotopic (exact) mass is 212 g/mol. The van der Waals surface area contributed by atoms with Gasteiger partial charge in [0, 0.05) is 29.9 Å². The Labute approximate surface area is 95.7 Å². The predicted octanol–water partition coefficient (Wildman–Crippen LogP) is 2.88. The van der Waals surface area contributed by atoms with E-state index in [1.807, 2.05) is 12.4 Å². The maximum atomic E-state index is 4.15. The molecule has 0 amide bonds. The minimum absolute atomic E-state index is 0.398. The average Bonchev–Trinajstić information content (AvgIpc) is 3.05. The van der Waals surface area contributed by atoms with E-state index in [1.54, 1.807) is 0 Å². The number of nitrogens with one attached hydrogen (secondary N) is 1. The summed E-state index contributed by atoms with van der Waals surface area (Å²) in [4.78, 5) is 4.15. The Kier molecular flexibility index (Phi) is 2.18. The van der Waals surface area contributed by atoms with Crippen LogP contribution in [0.5, 0.6) is 0 Å². The van der Waals surface area contributed by atoms with Crippen LogP contribution in [0.1, 0.15) is 25.3 Å². The first kappa shape index (κ1) is 9.79. The van der Waals surface area contributed by atoms with Crippen molar-refractivity contribution in [2.24, 2.45) is 0 Å². The van der Waals surface area contributed by atoms with E-state index in [2.05, 4.69) is 41.5 Å². The van der Waals surface area contributed by atoms with Crippen molar-refractivity contribution in [1.29, 1.82) is 0 Å². The molecule has 2 heteroatoms. The minimum atomic E-state index is 0.398. The number of rotatable bonds is 3. The highest BCUT2D eigenvalue weighted by Gasteiger charge is 2.36. The molecule has 1 fully saturated rings. The van der Waals surface area contributed by atoms with Gasteiger partial charge in [-0.3, -0.25) is 4.98 Å². The lowest BCUT2D eigenvalue weighted by atomic mass is 10.1. The molecule has 2 nitrogen and oxygen atoms in total. The SMILES string of the molecule is CC1(NCc2cccc3cnccc23)CC1. The van der Waals surface area contributed by atoms with Crippen LogP contribution in [0.25, 0.3) is 10.8 Å². The molecule has 0 spiro atoms. The third-order valence-electron chi connectivity index (χ3n) is 3.48. The molecule has 16 heavy (non-hydrogen) atoms. The van der Waals surface area contributed by atoms with Gasteiger partial charge in [-0.05, 0) is 36.8 Å². The van der Waals surface area contributed by atoms with Crippen LogP contribution in [0.4, 0.5) is 0 Å². The van der Waals surface area contributed by atoms with Gasteiger partial charge < -0.3 is 5.32 Å². The van der Waals surface area contributed by atoms with Crippen molar-refractivity contribution in [1.82, 2.24) is 10.3 Å². The molecule has 3 rings (SSSR count). The summed E-state index contributed by atoms with van der Waals surface area (Å²) in [5.41, 5.74) is 1.77. The van der Waals surface area contributed by atoms with Crippen molar-refractivity contribution in [3.8, 4) is 0 Å². The van der Waals surface area contributed by atoms with Crippen molar-refractivity contribution in [2.75, 3.05) is 0 Å². The Morgan fingerprint density at radius 2 is 2.19 bits per heavy atom. The second-order valence-corrected chi connectivity index (χ2v) is 4.93. The molecule has 0 saturated heterocycles. The summed E-state index contributed by atoms with van der Waals surface area (Å²) in [6.07, 6.45) is 6.40. The van der Waals surface area contributed by atoms with E-state index in [-0.39, 0.29) is 0 Å². The summed E-state index contributed by atoms with van der Waals surface area (Å²) in [6.45, 7) is 3.25. The minimum Gasteiger partial charge on any atom is -0.307 e. The lowest BCUT2D eigenvalue weighted by Crippen LogP contribution is -2.27. The Hall–Kier alpha value is -1.41. The highest BCUT2D eigenvalue weighted by Crippen LogP contribution is 2.34. The Morgan fingerprint density at radius 1 is 1.31 bits per heavy atom. The third-order valence-corrected chi connectivity index (χ3v) is 3.48. The second kappa shape index (κ2) is 3.56. The largest absolute Gasteiger partial charge is 0.307 e. The quantitative estimate of drug-likeness (QED) is 0.846. The van der Waals surface area contributed by atoms with E-state index in [4.69, 9.17) is 0 Å². The van der Waals surface area contributed by atoms with Crippen molar-refractivity contribution in [3.63, 3.8) is 0 Å². The zero-order chi connectivity index (χ0) is 11.0. The number of hydrogen-bond donors (Lipinski definition) is 1. The highest BCUT2D eigenvalue weighted by molar-refractivity contribution is 5.84. The Bertz CT molecular complexity index is 510. The first-order valence-corrected chi connectivity index (χ1v) is 5.84. The molecule has 1 aliphatic rings. The lowest BCUT2D eigenvalue weighted by molar-refractivity contribution is 0.539. The van der Waals surface area contributed by atoms with E-state index >= 15 is 0 Å². The summed E-state index contributed by atoms with van der Waals surface area (Å²) in [6, 6.07) is 8.52. The van der Waals surface area contributed by atoms with Gasteiger partial charge in [-0.1, -0.05) is 18.2 Å². The number of fused-ring (bicyclic) bond motifs is 1. The fraction of sp³-hybridized carbons (Fsp3) is 0.357. The molecular formula is C14H16N2. The van der Waals surface area contributed by atoms with E-state index in [0.29, 0.717) is 5.54 Å².